The lowest BCUT2D eigenvalue weighted by Crippen LogP contribution is -2.42. The Bertz CT molecular complexity index is 775. The highest BCUT2D eigenvalue weighted by Gasteiger charge is 2.34. The minimum absolute atomic E-state index is 0.0510. The van der Waals surface area contributed by atoms with Crippen molar-refractivity contribution in [2.45, 2.75) is 38.8 Å². The Balaban J connectivity index is 1.77. The molecule has 0 saturated carbocycles. The molecule has 5 nitrogen and oxygen atoms in total. The van der Waals surface area contributed by atoms with E-state index in [0.29, 0.717) is 5.11 Å². The van der Waals surface area contributed by atoms with Gasteiger partial charge in [0.15, 0.2) is 5.11 Å². The van der Waals surface area contributed by atoms with E-state index in [4.69, 9.17) is 21.7 Å². The molecule has 0 saturated heterocycles. The Morgan fingerprint density at radius 3 is 2.80 bits per heavy atom. The standard InChI is InChI=1S/C19H23N3O2S/c1-12-5-8-17(20-11-12)22-18(25)21-15-10-19(2,3)24-16-9-13(23-4)6-7-14(15)16/h5-9,11,15H,10H2,1-4H3,(H2,20,21,22,25). The lowest BCUT2D eigenvalue weighted by molar-refractivity contribution is 0.0693. The van der Waals surface area contributed by atoms with Crippen LogP contribution >= 0.6 is 12.2 Å². The van der Waals surface area contributed by atoms with Gasteiger partial charge in [-0.15, -0.1) is 0 Å². The second kappa shape index (κ2) is 6.88. The second-order valence-corrected chi connectivity index (χ2v) is 7.25. The van der Waals surface area contributed by atoms with Crippen molar-refractivity contribution in [3.63, 3.8) is 0 Å². The quantitative estimate of drug-likeness (QED) is 0.810. The van der Waals surface area contributed by atoms with Crippen molar-refractivity contribution >= 4 is 23.1 Å². The number of benzene rings is 1. The maximum Gasteiger partial charge on any atom is 0.172 e. The molecule has 0 spiro atoms. The molecule has 0 radical (unpaired) electrons. The number of fused-ring (bicyclic) bond motifs is 1. The number of aromatic nitrogens is 1. The molecule has 25 heavy (non-hydrogen) atoms. The highest BCUT2D eigenvalue weighted by molar-refractivity contribution is 7.80. The predicted molar refractivity (Wildman–Crippen MR) is 103 cm³/mol. The van der Waals surface area contributed by atoms with Crippen LogP contribution in [0.2, 0.25) is 0 Å². The fraction of sp³-hybridized carbons (Fsp3) is 0.368. The normalized spacial score (nSPS) is 17.8. The molecule has 0 aliphatic carbocycles. The maximum absolute atomic E-state index is 6.11. The largest absolute Gasteiger partial charge is 0.497 e. The lowest BCUT2D eigenvalue weighted by atomic mass is 9.89. The smallest absolute Gasteiger partial charge is 0.172 e. The summed E-state index contributed by atoms with van der Waals surface area (Å²) >= 11 is 5.47. The van der Waals surface area contributed by atoms with Gasteiger partial charge in [-0.3, -0.25) is 0 Å². The topological polar surface area (TPSA) is 55.4 Å². The summed E-state index contributed by atoms with van der Waals surface area (Å²) in [5.74, 6) is 2.33. The summed E-state index contributed by atoms with van der Waals surface area (Å²) in [6.45, 7) is 6.15. The van der Waals surface area contributed by atoms with Crippen LogP contribution in [0.3, 0.4) is 0 Å². The molecule has 132 valence electrons. The summed E-state index contributed by atoms with van der Waals surface area (Å²) in [5, 5.41) is 7.07. The van der Waals surface area contributed by atoms with Crippen LogP contribution in [0.4, 0.5) is 5.82 Å². The Hall–Kier alpha value is -2.34. The molecule has 2 N–H and O–H groups in total. The molecule has 0 bridgehead atoms. The van der Waals surface area contributed by atoms with E-state index in [1.54, 1.807) is 7.11 Å². The number of nitrogens with one attached hydrogen (secondary N) is 2. The van der Waals surface area contributed by atoms with E-state index in [1.165, 1.54) is 0 Å². The first-order valence-corrected chi connectivity index (χ1v) is 8.64. The van der Waals surface area contributed by atoms with Gasteiger partial charge in [-0.1, -0.05) is 6.07 Å². The molecule has 0 amide bonds. The summed E-state index contributed by atoms with van der Waals surface area (Å²) in [6.07, 6.45) is 2.61. The van der Waals surface area contributed by atoms with E-state index in [2.05, 4.69) is 29.5 Å². The summed E-state index contributed by atoms with van der Waals surface area (Å²) in [7, 11) is 1.65. The van der Waals surface area contributed by atoms with Crippen LogP contribution in [-0.4, -0.2) is 22.8 Å². The van der Waals surface area contributed by atoms with Crippen molar-refractivity contribution in [2.24, 2.45) is 0 Å². The molecular formula is C19H23N3O2S. The van der Waals surface area contributed by atoms with Crippen LogP contribution in [0.15, 0.2) is 36.5 Å². The first kappa shape index (κ1) is 17.5. The van der Waals surface area contributed by atoms with Crippen LogP contribution in [0, 0.1) is 6.92 Å². The molecule has 6 heteroatoms. The number of aryl methyl sites for hydroxylation is 1. The van der Waals surface area contributed by atoms with Crippen molar-refractivity contribution < 1.29 is 9.47 Å². The Labute approximate surface area is 153 Å². The monoisotopic (exact) mass is 357 g/mol. The first-order chi connectivity index (χ1) is 11.9. The summed E-state index contributed by atoms with van der Waals surface area (Å²) in [5.41, 5.74) is 1.88. The van der Waals surface area contributed by atoms with Gasteiger partial charge < -0.3 is 20.1 Å². The van der Waals surface area contributed by atoms with Crippen molar-refractivity contribution in [3.8, 4) is 11.5 Å². The molecule has 0 fully saturated rings. The average molecular weight is 357 g/mol. The zero-order valence-electron chi connectivity index (χ0n) is 14.9. The van der Waals surface area contributed by atoms with Crippen molar-refractivity contribution in [3.05, 3.63) is 47.7 Å². The Kier molecular flexibility index (Phi) is 4.81. The number of thiocarbonyl (C=S) groups is 1. The average Bonchev–Trinajstić information content (AvgIpc) is 2.55. The highest BCUT2D eigenvalue weighted by Crippen LogP contribution is 2.41. The number of hydrogen-bond acceptors (Lipinski definition) is 4. The summed E-state index contributed by atoms with van der Waals surface area (Å²) < 4.78 is 11.4. The Morgan fingerprint density at radius 1 is 1.32 bits per heavy atom. The lowest BCUT2D eigenvalue weighted by Gasteiger charge is -2.38. The number of rotatable bonds is 3. The number of ether oxygens (including phenoxy) is 2. The SMILES string of the molecule is COc1ccc2c(c1)OC(C)(C)CC2NC(=S)Nc1ccc(C)cn1. The molecular weight excluding hydrogens is 334 g/mol. The van der Waals surface area contributed by atoms with E-state index in [1.807, 2.05) is 43.5 Å². The summed E-state index contributed by atoms with van der Waals surface area (Å²) in [4.78, 5) is 4.33. The second-order valence-electron chi connectivity index (χ2n) is 6.84. The molecule has 1 aromatic carbocycles. The van der Waals surface area contributed by atoms with Crippen molar-refractivity contribution in [2.75, 3.05) is 12.4 Å². The van der Waals surface area contributed by atoms with Gasteiger partial charge in [-0.05, 0) is 56.8 Å². The van der Waals surface area contributed by atoms with Gasteiger partial charge in [-0.2, -0.15) is 0 Å². The van der Waals surface area contributed by atoms with Crippen LogP contribution in [-0.2, 0) is 0 Å². The van der Waals surface area contributed by atoms with Crippen LogP contribution in [0.25, 0.3) is 0 Å². The highest BCUT2D eigenvalue weighted by atomic mass is 32.1. The molecule has 2 heterocycles. The van der Waals surface area contributed by atoms with Crippen LogP contribution in [0.1, 0.15) is 37.4 Å². The zero-order chi connectivity index (χ0) is 18.0. The van der Waals surface area contributed by atoms with Crippen molar-refractivity contribution in [1.82, 2.24) is 10.3 Å². The molecule has 1 aliphatic rings. The van der Waals surface area contributed by atoms with Gasteiger partial charge >= 0.3 is 0 Å². The predicted octanol–water partition coefficient (Wildman–Crippen LogP) is 3.99. The van der Waals surface area contributed by atoms with E-state index < -0.39 is 0 Å². The third-order valence-corrected chi connectivity index (χ3v) is 4.36. The van der Waals surface area contributed by atoms with Gasteiger partial charge in [0.05, 0.1) is 13.2 Å². The van der Waals surface area contributed by atoms with Gasteiger partial charge in [0.1, 0.15) is 22.9 Å². The summed E-state index contributed by atoms with van der Waals surface area (Å²) in [6, 6.07) is 9.84. The molecule has 3 rings (SSSR count). The molecule has 1 aliphatic heterocycles. The molecule has 2 aromatic rings. The third-order valence-electron chi connectivity index (χ3n) is 4.14. The van der Waals surface area contributed by atoms with E-state index in [0.717, 1.165) is 34.9 Å². The molecule has 1 unspecified atom stereocenters. The number of nitrogens with zero attached hydrogens (tertiary/aromatic N) is 1. The number of anilines is 1. The van der Waals surface area contributed by atoms with Crippen LogP contribution < -0.4 is 20.1 Å². The van der Waals surface area contributed by atoms with Gasteiger partial charge in [0, 0.05) is 24.2 Å². The minimum atomic E-state index is -0.297. The maximum atomic E-state index is 6.11. The number of hydrogen-bond donors (Lipinski definition) is 2. The minimum Gasteiger partial charge on any atom is -0.497 e. The van der Waals surface area contributed by atoms with Crippen molar-refractivity contribution in [1.29, 1.82) is 0 Å². The Morgan fingerprint density at radius 2 is 2.12 bits per heavy atom. The fourth-order valence-corrected chi connectivity index (χ4v) is 3.19. The zero-order valence-corrected chi connectivity index (χ0v) is 15.7. The van der Waals surface area contributed by atoms with E-state index in [9.17, 15) is 0 Å². The molecule has 1 atom stereocenters. The van der Waals surface area contributed by atoms with Crippen LogP contribution in [0.5, 0.6) is 11.5 Å². The van der Waals surface area contributed by atoms with Gasteiger partial charge in [0.25, 0.3) is 0 Å². The van der Waals surface area contributed by atoms with Gasteiger partial charge in [0.2, 0.25) is 0 Å². The van der Waals surface area contributed by atoms with E-state index in [-0.39, 0.29) is 11.6 Å². The molecule has 1 aromatic heterocycles. The van der Waals surface area contributed by atoms with Gasteiger partial charge in [-0.25, -0.2) is 4.98 Å². The van der Waals surface area contributed by atoms with E-state index >= 15 is 0 Å². The fourth-order valence-electron chi connectivity index (χ4n) is 2.94. The number of pyridine rings is 1. The third kappa shape index (κ3) is 4.20. The number of methoxy groups -OCH3 is 1. The first-order valence-electron chi connectivity index (χ1n) is 8.23.